The van der Waals surface area contributed by atoms with Crippen LogP contribution in [0.5, 0.6) is 0 Å². The largest absolute Gasteiger partial charge is 0.346 e. The highest BCUT2D eigenvalue weighted by Gasteiger charge is 2.36. The molecule has 0 bridgehead atoms. The van der Waals surface area contributed by atoms with Gasteiger partial charge < -0.3 is 10.2 Å². The summed E-state index contributed by atoms with van der Waals surface area (Å²) < 4.78 is 0. The van der Waals surface area contributed by atoms with E-state index in [2.05, 4.69) is 5.32 Å². The molecular formula is C20H21N3O3. The highest BCUT2D eigenvalue weighted by atomic mass is 16.2. The van der Waals surface area contributed by atoms with Crippen molar-refractivity contribution in [3.05, 3.63) is 71.3 Å². The molecule has 0 aliphatic carbocycles. The van der Waals surface area contributed by atoms with Crippen LogP contribution in [0, 0.1) is 0 Å². The summed E-state index contributed by atoms with van der Waals surface area (Å²) in [5, 5.41) is 2.93. The fraction of sp³-hybridized carbons (Fsp3) is 0.250. The molecule has 2 aromatic carbocycles. The number of rotatable bonds is 6. The van der Waals surface area contributed by atoms with Crippen LogP contribution in [0.3, 0.4) is 0 Å². The third-order valence-corrected chi connectivity index (χ3v) is 4.26. The molecule has 0 saturated carbocycles. The molecule has 0 unspecified atom stereocenters. The van der Waals surface area contributed by atoms with E-state index in [0.717, 1.165) is 10.5 Å². The second-order valence-electron chi connectivity index (χ2n) is 6.54. The zero-order valence-electron chi connectivity index (χ0n) is 14.8. The van der Waals surface area contributed by atoms with E-state index in [0.29, 0.717) is 17.7 Å². The maximum atomic E-state index is 12.5. The van der Waals surface area contributed by atoms with E-state index in [4.69, 9.17) is 0 Å². The van der Waals surface area contributed by atoms with Gasteiger partial charge in [0.2, 0.25) is 5.91 Å². The molecule has 0 aromatic heterocycles. The first-order chi connectivity index (χ1) is 12.5. The van der Waals surface area contributed by atoms with E-state index < -0.39 is 11.8 Å². The normalized spacial score (nSPS) is 14.5. The molecule has 134 valence electrons. The summed E-state index contributed by atoms with van der Waals surface area (Å²) in [5.74, 6) is -1.22. The van der Waals surface area contributed by atoms with Crippen LogP contribution in [0.15, 0.2) is 54.6 Å². The standard InChI is InChI=1S/C20H21N3O3/c1-22(2)12-17(14-8-4-3-5-9-14)21-18(24)13-23-19(25)15-10-6-7-11-16(15)20(23)26/h3-11,17H,12-13H2,1-2H3,(H,21,24)/t17-/m1/s1. The first kappa shape index (κ1) is 17.8. The van der Waals surface area contributed by atoms with Gasteiger partial charge in [0.1, 0.15) is 6.54 Å². The fourth-order valence-corrected chi connectivity index (χ4v) is 3.05. The van der Waals surface area contributed by atoms with Gasteiger partial charge in [0.15, 0.2) is 0 Å². The topological polar surface area (TPSA) is 69.7 Å². The van der Waals surface area contributed by atoms with Crippen LogP contribution in [0.25, 0.3) is 0 Å². The Bertz CT molecular complexity index is 798. The van der Waals surface area contributed by atoms with E-state index >= 15 is 0 Å². The second-order valence-corrected chi connectivity index (χ2v) is 6.54. The molecule has 6 heteroatoms. The summed E-state index contributed by atoms with van der Waals surface area (Å²) in [6.45, 7) is 0.320. The Labute approximate surface area is 152 Å². The summed E-state index contributed by atoms with van der Waals surface area (Å²) in [7, 11) is 3.85. The van der Waals surface area contributed by atoms with Gasteiger partial charge in [0, 0.05) is 6.54 Å². The van der Waals surface area contributed by atoms with E-state index in [1.165, 1.54) is 0 Å². The quantitative estimate of drug-likeness (QED) is 0.805. The monoisotopic (exact) mass is 351 g/mol. The van der Waals surface area contributed by atoms with E-state index in [9.17, 15) is 14.4 Å². The van der Waals surface area contributed by atoms with Crippen molar-refractivity contribution in [2.45, 2.75) is 6.04 Å². The Morgan fingerprint density at radius 2 is 1.50 bits per heavy atom. The maximum absolute atomic E-state index is 12.5. The van der Waals surface area contributed by atoms with Crippen molar-refractivity contribution < 1.29 is 14.4 Å². The third kappa shape index (κ3) is 3.65. The van der Waals surface area contributed by atoms with Gasteiger partial charge in [-0.25, -0.2) is 0 Å². The number of nitrogens with one attached hydrogen (secondary N) is 1. The van der Waals surface area contributed by atoms with Gasteiger partial charge in [-0.1, -0.05) is 42.5 Å². The first-order valence-electron chi connectivity index (χ1n) is 8.41. The summed E-state index contributed by atoms with van der Waals surface area (Å²) in [6.07, 6.45) is 0. The SMILES string of the molecule is CN(C)C[C@@H](NC(=O)CN1C(=O)c2ccccc2C1=O)c1ccccc1. The zero-order valence-corrected chi connectivity index (χ0v) is 14.8. The molecule has 1 aliphatic heterocycles. The summed E-state index contributed by atoms with van der Waals surface area (Å²) >= 11 is 0. The molecule has 26 heavy (non-hydrogen) atoms. The molecule has 2 aromatic rings. The first-order valence-corrected chi connectivity index (χ1v) is 8.41. The predicted octanol–water partition coefficient (Wildman–Crippen LogP) is 1.70. The predicted molar refractivity (Wildman–Crippen MR) is 97.7 cm³/mol. The molecule has 1 N–H and O–H groups in total. The van der Waals surface area contributed by atoms with Crippen LogP contribution < -0.4 is 5.32 Å². The van der Waals surface area contributed by atoms with Crippen LogP contribution >= 0.6 is 0 Å². The Kier molecular flexibility index (Phi) is 5.14. The number of carbonyl (C=O) groups is 3. The fourth-order valence-electron chi connectivity index (χ4n) is 3.05. The number of fused-ring (bicyclic) bond motifs is 1. The van der Waals surface area contributed by atoms with Crippen LogP contribution in [0.2, 0.25) is 0 Å². The van der Waals surface area contributed by atoms with Crippen LogP contribution in [-0.2, 0) is 4.79 Å². The lowest BCUT2D eigenvalue weighted by Crippen LogP contribution is -2.43. The summed E-state index contributed by atoms with van der Waals surface area (Å²) in [5.41, 5.74) is 1.66. The molecule has 1 heterocycles. The molecular weight excluding hydrogens is 330 g/mol. The number of nitrogens with zero attached hydrogens (tertiary/aromatic N) is 2. The van der Waals surface area contributed by atoms with E-state index in [-0.39, 0.29) is 18.5 Å². The van der Waals surface area contributed by atoms with Gasteiger partial charge >= 0.3 is 0 Å². The molecule has 0 radical (unpaired) electrons. The van der Waals surface area contributed by atoms with E-state index in [1.807, 2.05) is 49.3 Å². The number of carbonyl (C=O) groups excluding carboxylic acids is 3. The smallest absolute Gasteiger partial charge is 0.262 e. The average molecular weight is 351 g/mol. The van der Waals surface area contributed by atoms with Crippen molar-refractivity contribution in [2.24, 2.45) is 0 Å². The summed E-state index contributed by atoms with van der Waals surface area (Å²) in [4.78, 5) is 40.3. The number of benzene rings is 2. The van der Waals surface area contributed by atoms with Gasteiger partial charge in [-0.15, -0.1) is 0 Å². The zero-order chi connectivity index (χ0) is 18.7. The van der Waals surface area contributed by atoms with Crippen LogP contribution in [0.1, 0.15) is 32.3 Å². The van der Waals surface area contributed by atoms with Crippen LogP contribution in [-0.4, -0.2) is 54.7 Å². The van der Waals surface area contributed by atoms with E-state index in [1.54, 1.807) is 24.3 Å². The molecule has 1 aliphatic rings. The Balaban J connectivity index is 1.71. The Morgan fingerprint density at radius 3 is 2.04 bits per heavy atom. The van der Waals surface area contributed by atoms with Gasteiger partial charge in [-0.2, -0.15) is 0 Å². The second kappa shape index (κ2) is 7.49. The number of hydrogen-bond donors (Lipinski definition) is 1. The lowest BCUT2D eigenvalue weighted by molar-refractivity contribution is -0.122. The number of hydrogen-bond acceptors (Lipinski definition) is 4. The molecule has 3 amide bonds. The van der Waals surface area contributed by atoms with Gasteiger partial charge in [-0.3, -0.25) is 19.3 Å². The average Bonchev–Trinajstić information content (AvgIpc) is 2.87. The minimum absolute atomic E-state index is 0.228. The maximum Gasteiger partial charge on any atom is 0.262 e. The Morgan fingerprint density at radius 1 is 0.962 bits per heavy atom. The molecule has 0 fully saturated rings. The van der Waals surface area contributed by atoms with Gasteiger partial charge in [0.25, 0.3) is 11.8 Å². The van der Waals surface area contributed by atoms with Crippen molar-refractivity contribution >= 4 is 17.7 Å². The molecule has 1 atom stereocenters. The lowest BCUT2D eigenvalue weighted by atomic mass is 10.1. The van der Waals surface area contributed by atoms with Crippen molar-refractivity contribution in [1.29, 1.82) is 0 Å². The molecule has 3 rings (SSSR count). The minimum Gasteiger partial charge on any atom is -0.346 e. The van der Waals surface area contributed by atoms with Crippen molar-refractivity contribution in [2.75, 3.05) is 27.2 Å². The number of imide groups is 1. The third-order valence-electron chi connectivity index (χ3n) is 4.26. The van der Waals surface area contributed by atoms with Crippen molar-refractivity contribution in [1.82, 2.24) is 15.1 Å². The summed E-state index contributed by atoms with van der Waals surface area (Å²) in [6, 6.07) is 16.0. The number of likely N-dealkylation sites (N-methyl/N-ethyl adjacent to an activating group) is 1. The van der Waals surface area contributed by atoms with Crippen molar-refractivity contribution in [3.63, 3.8) is 0 Å². The molecule has 0 saturated heterocycles. The van der Waals surface area contributed by atoms with Gasteiger partial charge in [0.05, 0.1) is 17.2 Å². The lowest BCUT2D eigenvalue weighted by Gasteiger charge is -2.24. The molecule has 0 spiro atoms. The minimum atomic E-state index is -0.426. The number of amides is 3. The highest BCUT2D eigenvalue weighted by molar-refractivity contribution is 6.22. The van der Waals surface area contributed by atoms with Crippen LogP contribution in [0.4, 0.5) is 0 Å². The molecule has 6 nitrogen and oxygen atoms in total. The van der Waals surface area contributed by atoms with Gasteiger partial charge in [-0.05, 0) is 31.8 Å². The highest BCUT2D eigenvalue weighted by Crippen LogP contribution is 2.22. The van der Waals surface area contributed by atoms with Crippen molar-refractivity contribution in [3.8, 4) is 0 Å². The Hall–Kier alpha value is -2.99.